The van der Waals surface area contributed by atoms with Crippen molar-refractivity contribution in [1.29, 1.82) is 0 Å². The Kier molecular flexibility index (Phi) is 1.42. The van der Waals surface area contributed by atoms with Gasteiger partial charge in [0, 0.05) is 7.05 Å². The van der Waals surface area contributed by atoms with Crippen molar-refractivity contribution in [3.05, 3.63) is 17.6 Å². The van der Waals surface area contributed by atoms with Gasteiger partial charge in [0.15, 0.2) is 5.65 Å². The predicted molar refractivity (Wildman–Crippen MR) is 46.8 cm³/mol. The van der Waals surface area contributed by atoms with E-state index in [9.17, 15) is 4.79 Å². The van der Waals surface area contributed by atoms with Crippen LogP contribution in [0.25, 0.3) is 11.2 Å². The van der Waals surface area contributed by atoms with Crippen molar-refractivity contribution >= 4 is 17.1 Å². The number of carbonyl (C=O) groups is 1. The molecule has 5 nitrogen and oxygen atoms in total. The molecule has 0 atom stereocenters. The Morgan fingerprint density at radius 2 is 2.38 bits per heavy atom. The van der Waals surface area contributed by atoms with Gasteiger partial charge in [-0.1, -0.05) is 0 Å². The molecule has 0 aliphatic carbocycles. The van der Waals surface area contributed by atoms with Crippen LogP contribution in [0.15, 0.2) is 6.07 Å². The number of aromatic carboxylic acids is 1. The lowest BCUT2D eigenvalue weighted by molar-refractivity contribution is 0.0691. The van der Waals surface area contributed by atoms with Gasteiger partial charge in [0.05, 0.1) is 5.52 Å². The van der Waals surface area contributed by atoms with Gasteiger partial charge in [-0.25, -0.2) is 9.78 Å². The highest BCUT2D eigenvalue weighted by molar-refractivity contribution is 5.91. The highest BCUT2D eigenvalue weighted by Gasteiger charge is 2.11. The highest BCUT2D eigenvalue weighted by Crippen LogP contribution is 2.15. The van der Waals surface area contributed by atoms with Crippen LogP contribution in [-0.2, 0) is 7.05 Å². The number of imidazole rings is 1. The third-order valence-electron chi connectivity index (χ3n) is 2.13. The smallest absolute Gasteiger partial charge is 0.352 e. The molecule has 2 heterocycles. The second-order valence-corrected chi connectivity index (χ2v) is 2.94. The normalized spacial score (nSPS) is 10.9. The molecule has 5 heteroatoms. The zero-order valence-electron chi connectivity index (χ0n) is 7.33. The number of carboxylic acids is 1. The van der Waals surface area contributed by atoms with Crippen molar-refractivity contribution in [1.82, 2.24) is 14.5 Å². The first-order chi connectivity index (χ1) is 6.09. The van der Waals surface area contributed by atoms with Crippen LogP contribution < -0.4 is 0 Å². The van der Waals surface area contributed by atoms with Crippen LogP contribution in [0, 0.1) is 6.92 Å². The van der Waals surface area contributed by atoms with Crippen LogP contribution >= 0.6 is 0 Å². The SMILES string of the molecule is Cc1nc2[nH]c(C(=O)O)cc2n1C. The Bertz CT molecular complexity index is 481. The number of aryl methyl sites for hydroxylation is 2. The molecule has 0 aromatic carbocycles. The summed E-state index contributed by atoms with van der Waals surface area (Å²) in [4.78, 5) is 17.5. The molecule has 2 aromatic heterocycles. The number of rotatable bonds is 1. The predicted octanol–water partition coefficient (Wildman–Crippen LogP) is 0.908. The summed E-state index contributed by atoms with van der Waals surface area (Å²) >= 11 is 0. The number of aromatic amines is 1. The van der Waals surface area contributed by atoms with Crippen molar-refractivity contribution in [3.63, 3.8) is 0 Å². The summed E-state index contributed by atoms with van der Waals surface area (Å²) in [6.07, 6.45) is 0. The van der Waals surface area contributed by atoms with Gasteiger partial charge in [0.2, 0.25) is 0 Å². The summed E-state index contributed by atoms with van der Waals surface area (Å²) in [6, 6.07) is 1.58. The number of hydrogen-bond acceptors (Lipinski definition) is 2. The number of carboxylic acid groups (broad SMARTS) is 1. The first-order valence-corrected chi connectivity index (χ1v) is 3.85. The Labute approximate surface area is 74.0 Å². The minimum Gasteiger partial charge on any atom is -0.477 e. The highest BCUT2D eigenvalue weighted by atomic mass is 16.4. The van der Waals surface area contributed by atoms with E-state index >= 15 is 0 Å². The number of hydrogen-bond donors (Lipinski definition) is 2. The van der Waals surface area contributed by atoms with Crippen molar-refractivity contribution in [3.8, 4) is 0 Å². The fourth-order valence-electron chi connectivity index (χ4n) is 1.30. The van der Waals surface area contributed by atoms with Gasteiger partial charge in [0.25, 0.3) is 0 Å². The second-order valence-electron chi connectivity index (χ2n) is 2.94. The summed E-state index contributed by atoms with van der Waals surface area (Å²) in [7, 11) is 1.85. The van der Waals surface area contributed by atoms with E-state index in [0.29, 0.717) is 5.65 Å². The third-order valence-corrected chi connectivity index (χ3v) is 2.13. The largest absolute Gasteiger partial charge is 0.477 e. The maximum Gasteiger partial charge on any atom is 0.352 e. The zero-order chi connectivity index (χ0) is 9.59. The lowest BCUT2D eigenvalue weighted by Crippen LogP contribution is -1.96. The van der Waals surface area contributed by atoms with E-state index in [4.69, 9.17) is 5.11 Å². The molecule has 13 heavy (non-hydrogen) atoms. The minimum atomic E-state index is -0.962. The molecule has 0 radical (unpaired) electrons. The standard InChI is InChI=1S/C8H9N3O2/c1-4-9-7-6(11(4)2)3-5(10-7)8(12)13/h3,10H,1-2H3,(H,12,13). The van der Waals surface area contributed by atoms with E-state index in [-0.39, 0.29) is 5.69 Å². The summed E-state index contributed by atoms with van der Waals surface area (Å²) in [5.74, 6) is -0.103. The Morgan fingerprint density at radius 1 is 1.69 bits per heavy atom. The first-order valence-electron chi connectivity index (χ1n) is 3.85. The number of H-pyrrole nitrogens is 1. The third kappa shape index (κ3) is 1.00. The van der Waals surface area contributed by atoms with Gasteiger partial charge in [0.1, 0.15) is 11.5 Å². The van der Waals surface area contributed by atoms with Crippen molar-refractivity contribution in [2.24, 2.45) is 7.05 Å². The maximum absolute atomic E-state index is 10.6. The number of nitrogens with zero attached hydrogens (tertiary/aromatic N) is 2. The van der Waals surface area contributed by atoms with Crippen molar-refractivity contribution in [2.75, 3.05) is 0 Å². The minimum absolute atomic E-state index is 0.174. The molecule has 0 spiro atoms. The molecule has 0 saturated heterocycles. The quantitative estimate of drug-likeness (QED) is 0.683. The molecule has 0 saturated carbocycles. The summed E-state index contributed by atoms with van der Waals surface area (Å²) in [6.45, 7) is 1.87. The van der Waals surface area contributed by atoms with Crippen LogP contribution in [0.3, 0.4) is 0 Å². The molecule has 0 unspecified atom stereocenters. The lowest BCUT2D eigenvalue weighted by Gasteiger charge is -1.92. The van der Waals surface area contributed by atoms with Gasteiger partial charge in [-0.05, 0) is 13.0 Å². The van der Waals surface area contributed by atoms with Crippen LogP contribution in [0.5, 0.6) is 0 Å². The number of nitrogens with one attached hydrogen (secondary N) is 1. The van der Waals surface area contributed by atoms with Crippen LogP contribution in [-0.4, -0.2) is 25.6 Å². The molecule has 0 aliphatic rings. The van der Waals surface area contributed by atoms with Crippen molar-refractivity contribution < 1.29 is 9.90 Å². The average Bonchev–Trinajstić information content (AvgIpc) is 2.55. The molecular formula is C8H9N3O2. The fraction of sp³-hybridized carbons (Fsp3) is 0.250. The van der Waals surface area contributed by atoms with Gasteiger partial charge >= 0.3 is 5.97 Å². The van der Waals surface area contributed by atoms with E-state index in [1.165, 1.54) is 0 Å². The topological polar surface area (TPSA) is 70.9 Å². The van der Waals surface area contributed by atoms with E-state index in [1.54, 1.807) is 6.07 Å². The first kappa shape index (κ1) is 7.85. The van der Waals surface area contributed by atoms with Crippen LogP contribution in [0.1, 0.15) is 16.3 Å². The molecular weight excluding hydrogens is 170 g/mol. The van der Waals surface area contributed by atoms with Gasteiger partial charge in [-0.3, -0.25) is 0 Å². The van der Waals surface area contributed by atoms with E-state index in [1.807, 2.05) is 18.5 Å². The molecule has 2 rings (SSSR count). The van der Waals surface area contributed by atoms with Gasteiger partial charge < -0.3 is 14.7 Å². The second kappa shape index (κ2) is 2.35. The fourth-order valence-corrected chi connectivity index (χ4v) is 1.30. The number of fused-ring (bicyclic) bond motifs is 1. The maximum atomic E-state index is 10.6. The molecule has 0 fully saturated rings. The summed E-state index contributed by atoms with van der Waals surface area (Å²) < 4.78 is 1.85. The molecule has 0 bridgehead atoms. The molecule has 0 aliphatic heterocycles. The Balaban J connectivity index is 2.72. The Morgan fingerprint density at radius 3 is 2.92 bits per heavy atom. The van der Waals surface area contributed by atoms with Gasteiger partial charge in [-0.15, -0.1) is 0 Å². The molecule has 68 valence electrons. The van der Waals surface area contributed by atoms with Crippen LogP contribution in [0.2, 0.25) is 0 Å². The van der Waals surface area contributed by atoms with Crippen molar-refractivity contribution in [2.45, 2.75) is 6.92 Å². The van der Waals surface area contributed by atoms with E-state index in [2.05, 4.69) is 9.97 Å². The summed E-state index contributed by atoms with van der Waals surface area (Å²) in [5.41, 5.74) is 1.61. The van der Waals surface area contributed by atoms with Gasteiger partial charge in [-0.2, -0.15) is 0 Å². The average molecular weight is 179 g/mol. The summed E-state index contributed by atoms with van der Waals surface area (Å²) in [5, 5.41) is 8.70. The van der Waals surface area contributed by atoms with Crippen LogP contribution in [0.4, 0.5) is 0 Å². The zero-order valence-corrected chi connectivity index (χ0v) is 7.33. The molecule has 0 amide bonds. The van der Waals surface area contributed by atoms with E-state index in [0.717, 1.165) is 11.3 Å². The molecule has 2 aromatic rings. The number of aromatic nitrogens is 3. The Hall–Kier alpha value is -1.78. The molecule has 2 N–H and O–H groups in total. The monoisotopic (exact) mass is 179 g/mol. The lowest BCUT2D eigenvalue weighted by atomic mass is 10.4. The van der Waals surface area contributed by atoms with E-state index < -0.39 is 5.97 Å².